The molecule has 0 aromatic rings. The van der Waals surface area contributed by atoms with E-state index in [9.17, 15) is 0 Å². The fourth-order valence-corrected chi connectivity index (χ4v) is 2.17. The molecule has 2 heteroatoms. The van der Waals surface area contributed by atoms with Crippen LogP contribution in [0.4, 0.5) is 0 Å². The lowest BCUT2D eigenvalue weighted by Crippen LogP contribution is -2.58. The van der Waals surface area contributed by atoms with E-state index in [4.69, 9.17) is 0 Å². The highest BCUT2D eigenvalue weighted by Crippen LogP contribution is 2.14. The lowest BCUT2D eigenvalue weighted by Gasteiger charge is -2.39. The average Bonchev–Trinajstić information content (AvgIpc) is 2.14. The summed E-state index contributed by atoms with van der Waals surface area (Å²) in [4.78, 5) is 2.55. The maximum Gasteiger partial charge on any atom is 0.0345 e. The molecule has 1 fully saturated rings. The van der Waals surface area contributed by atoms with E-state index in [0.29, 0.717) is 0 Å². The van der Waals surface area contributed by atoms with Crippen LogP contribution in [-0.2, 0) is 0 Å². The highest BCUT2D eigenvalue weighted by atomic mass is 15.2. The van der Waals surface area contributed by atoms with E-state index >= 15 is 0 Å². The van der Waals surface area contributed by atoms with Gasteiger partial charge in [0.05, 0.1) is 0 Å². The molecule has 0 aromatic carbocycles. The number of rotatable bonds is 8. The Morgan fingerprint density at radius 3 is 2.40 bits per heavy atom. The summed E-state index contributed by atoms with van der Waals surface area (Å²) in [6, 6.07) is 1.56. The second-order valence-electron chi connectivity index (χ2n) is 5.03. The van der Waals surface area contributed by atoms with Crippen LogP contribution < -0.4 is 5.32 Å². The zero-order chi connectivity index (χ0) is 11.1. The van der Waals surface area contributed by atoms with Gasteiger partial charge >= 0.3 is 0 Å². The van der Waals surface area contributed by atoms with Crippen LogP contribution in [0.5, 0.6) is 0 Å². The van der Waals surface area contributed by atoms with E-state index in [1.165, 1.54) is 51.6 Å². The standard InChI is InChI=1S/C13H28N2/c1-4-5-6-7-8-9-12(2)15(3)13-10-14-11-13/h12-14H,4-11H2,1-3H3. The Morgan fingerprint density at radius 1 is 1.20 bits per heavy atom. The van der Waals surface area contributed by atoms with Crippen molar-refractivity contribution in [1.29, 1.82) is 0 Å². The van der Waals surface area contributed by atoms with Crippen LogP contribution in [0.3, 0.4) is 0 Å². The second-order valence-corrected chi connectivity index (χ2v) is 5.03. The van der Waals surface area contributed by atoms with E-state index in [1.807, 2.05) is 0 Å². The van der Waals surface area contributed by atoms with Crippen LogP contribution in [0.1, 0.15) is 52.4 Å². The summed E-state index contributed by atoms with van der Waals surface area (Å²) in [7, 11) is 2.28. The van der Waals surface area contributed by atoms with Gasteiger partial charge in [0.15, 0.2) is 0 Å². The number of unbranched alkanes of at least 4 members (excludes halogenated alkanes) is 4. The van der Waals surface area contributed by atoms with Crippen LogP contribution in [0.2, 0.25) is 0 Å². The molecule has 15 heavy (non-hydrogen) atoms. The first kappa shape index (κ1) is 13.0. The van der Waals surface area contributed by atoms with Gasteiger partial charge in [-0.2, -0.15) is 0 Å². The van der Waals surface area contributed by atoms with Crippen molar-refractivity contribution < 1.29 is 0 Å². The van der Waals surface area contributed by atoms with Gasteiger partial charge in [-0.1, -0.05) is 39.0 Å². The van der Waals surface area contributed by atoms with E-state index in [-0.39, 0.29) is 0 Å². The van der Waals surface area contributed by atoms with E-state index in [0.717, 1.165) is 12.1 Å². The minimum atomic E-state index is 0.763. The van der Waals surface area contributed by atoms with Gasteiger partial charge in [0.2, 0.25) is 0 Å². The Labute approximate surface area is 95.4 Å². The number of nitrogens with one attached hydrogen (secondary N) is 1. The average molecular weight is 212 g/mol. The van der Waals surface area contributed by atoms with Gasteiger partial charge < -0.3 is 5.32 Å². The molecule has 0 aliphatic carbocycles. The van der Waals surface area contributed by atoms with Crippen molar-refractivity contribution in [1.82, 2.24) is 10.2 Å². The van der Waals surface area contributed by atoms with Gasteiger partial charge in [-0.25, -0.2) is 0 Å². The Bertz CT molecular complexity index is 155. The van der Waals surface area contributed by atoms with Gasteiger partial charge in [-0.15, -0.1) is 0 Å². The summed E-state index contributed by atoms with van der Waals surface area (Å²) in [5, 5.41) is 3.34. The van der Waals surface area contributed by atoms with Crippen LogP contribution in [0.25, 0.3) is 0 Å². The first-order valence-corrected chi connectivity index (χ1v) is 6.68. The van der Waals surface area contributed by atoms with Crippen molar-refractivity contribution in [3.05, 3.63) is 0 Å². The quantitative estimate of drug-likeness (QED) is 0.622. The van der Waals surface area contributed by atoms with Crippen LogP contribution >= 0.6 is 0 Å². The third kappa shape index (κ3) is 4.52. The molecule has 1 unspecified atom stereocenters. The van der Waals surface area contributed by atoms with Gasteiger partial charge in [-0.3, -0.25) is 4.90 Å². The molecule has 1 heterocycles. The molecule has 2 nitrogen and oxygen atoms in total. The molecule has 1 aliphatic rings. The summed E-state index contributed by atoms with van der Waals surface area (Å²) in [6.45, 7) is 7.03. The van der Waals surface area contributed by atoms with E-state index < -0.39 is 0 Å². The van der Waals surface area contributed by atoms with Gasteiger partial charge in [-0.05, 0) is 20.4 Å². The number of nitrogens with zero attached hydrogens (tertiary/aromatic N) is 1. The first-order chi connectivity index (χ1) is 7.25. The summed E-state index contributed by atoms with van der Waals surface area (Å²) >= 11 is 0. The minimum absolute atomic E-state index is 0.763. The first-order valence-electron chi connectivity index (χ1n) is 6.68. The Balaban J connectivity index is 1.99. The molecular formula is C13H28N2. The predicted octanol–water partition coefficient (Wildman–Crippen LogP) is 2.64. The van der Waals surface area contributed by atoms with Crippen molar-refractivity contribution >= 4 is 0 Å². The van der Waals surface area contributed by atoms with Crippen molar-refractivity contribution in [3.63, 3.8) is 0 Å². The van der Waals surface area contributed by atoms with Crippen molar-refractivity contribution in [2.24, 2.45) is 0 Å². The molecular weight excluding hydrogens is 184 g/mol. The fourth-order valence-electron chi connectivity index (χ4n) is 2.17. The molecule has 1 rings (SSSR count). The minimum Gasteiger partial charge on any atom is -0.314 e. The maximum atomic E-state index is 3.34. The molecule has 1 aliphatic heterocycles. The lowest BCUT2D eigenvalue weighted by atomic mass is 10.0. The van der Waals surface area contributed by atoms with Gasteiger partial charge in [0.25, 0.3) is 0 Å². The Kier molecular flexibility index (Phi) is 6.26. The topological polar surface area (TPSA) is 15.3 Å². The summed E-state index contributed by atoms with van der Waals surface area (Å²) in [6.07, 6.45) is 8.40. The van der Waals surface area contributed by atoms with Gasteiger partial charge in [0.1, 0.15) is 0 Å². The second kappa shape index (κ2) is 7.24. The van der Waals surface area contributed by atoms with Crippen molar-refractivity contribution in [2.75, 3.05) is 20.1 Å². The van der Waals surface area contributed by atoms with Crippen LogP contribution in [0.15, 0.2) is 0 Å². The smallest absolute Gasteiger partial charge is 0.0345 e. The molecule has 0 bridgehead atoms. The van der Waals surface area contributed by atoms with Gasteiger partial charge in [0, 0.05) is 25.2 Å². The maximum absolute atomic E-state index is 3.34. The molecule has 0 spiro atoms. The predicted molar refractivity (Wildman–Crippen MR) is 67.3 cm³/mol. The molecule has 1 N–H and O–H groups in total. The molecule has 1 atom stereocenters. The van der Waals surface area contributed by atoms with E-state index in [2.05, 4.69) is 31.1 Å². The summed E-state index contributed by atoms with van der Waals surface area (Å²) < 4.78 is 0. The molecule has 1 saturated heterocycles. The Hall–Kier alpha value is -0.0800. The van der Waals surface area contributed by atoms with Crippen molar-refractivity contribution in [3.8, 4) is 0 Å². The third-order valence-corrected chi connectivity index (χ3v) is 3.76. The zero-order valence-corrected chi connectivity index (χ0v) is 10.8. The zero-order valence-electron chi connectivity index (χ0n) is 10.8. The van der Waals surface area contributed by atoms with Crippen molar-refractivity contribution in [2.45, 2.75) is 64.5 Å². The molecule has 0 aromatic heterocycles. The largest absolute Gasteiger partial charge is 0.314 e. The highest BCUT2D eigenvalue weighted by molar-refractivity contribution is 4.85. The van der Waals surface area contributed by atoms with Crippen LogP contribution in [-0.4, -0.2) is 37.1 Å². The SMILES string of the molecule is CCCCCCCC(C)N(C)C1CNC1. The number of likely N-dealkylation sites (N-methyl/N-ethyl adjacent to an activating group) is 1. The Morgan fingerprint density at radius 2 is 1.87 bits per heavy atom. The monoisotopic (exact) mass is 212 g/mol. The highest BCUT2D eigenvalue weighted by Gasteiger charge is 2.24. The molecule has 90 valence electrons. The van der Waals surface area contributed by atoms with Crippen LogP contribution in [0, 0.1) is 0 Å². The number of hydrogen-bond donors (Lipinski definition) is 1. The molecule has 0 saturated carbocycles. The summed E-state index contributed by atoms with van der Waals surface area (Å²) in [5.41, 5.74) is 0. The van der Waals surface area contributed by atoms with E-state index in [1.54, 1.807) is 0 Å². The normalized spacial score (nSPS) is 19.2. The summed E-state index contributed by atoms with van der Waals surface area (Å²) in [5.74, 6) is 0. The number of hydrogen-bond acceptors (Lipinski definition) is 2. The lowest BCUT2D eigenvalue weighted by molar-refractivity contribution is 0.129. The fraction of sp³-hybridized carbons (Fsp3) is 1.00. The molecule has 0 amide bonds. The molecule has 0 radical (unpaired) electrons. The third-order valence-electron chi connectivity index (χ3n) is 3.76.